The first-order valence-corrected chi connectivity index (χ1v) is 7.71. The maximum absolute atomic E-state index is 11.9. The molecule has 0 radical (unpaired) electrons. The Balaban J connectivity index is 1.97. The Labute approximate surface area is 149 Å². The van der Waals surface area contributed by atoms with E-state index in [4.69, 9.17) is 16.3 Å². The molecule has 2 aromatic carbocycles. The third-order valence-electron chi connectivity index (χ3n) is 2.87. The molecule has 2 rings (SSSR count). The van der Waals surface area contributed by atoms with Gasteiger partial charge in [0, 0.05) is 16.6 Å². The number of hydrogen-bond donors (Lipinski definition) is 1. The summed E-state index contributed by atoms with van der Waals surface area (Å²) in [6, 6.07) is 10.3. The van der Waals surface area contributed by atoms with Gasteiger partial charge in [-0.15, -0.1) is 0 Å². The molecule has 0 aromatic heterocycles. The Hall–Kier alpha value is -2.45. The molecule has 1 N–H and O–H groups in total. The van der Waals surface area contributed by atoms with Crippen LogP contribution in [0.2, 0.25) is 5.02 Å². The van der Waals surface area contributed by atoms with Gasteiger partial charge in [0.05, 0.1) is 21.2 Å². The number of ether oxygens (including phenoxy) is 1. The van der Waals surface area contributed by atoms with Crippen LogP contribution in [0.1, 0.15) is 10.4 Å². The summed E-state index contributed by atoms with van der Waals surface area (Å²) in [5.74, 6) is -1.38. The predicted molar refractivity (Wildman–Crippen MR) is 91.2 cm³/mol. The van der Waals surface area contributed by atoms with Crippen molar-refractivity contribution in [1.82, 2.24) is 0 Å². The van der Waals surface area contributed by atoms with Crippen molar-refractivity contribution in [2.45, 2.75) is 0 Å². The van der Waals surface area contributed by atoms with Gasteiger partial charge in [-0.2, -0.15) is 0 Å². The van der Waals surface area contributed by atoms with Crippen LogP contribution in [0.5, 0.6) is 0 Å². The number of nitrogens with zero attached hydrogens (tertiary/aromatic N) is 1. The van der Waals surface area contributed by atoms with Crippen LogP contribution in [0.25, 0.3) is 0 Å². The van der Waals surface area contributed by atoms with Gasteiger partial charge >= 0.3 is 5.97 Å². The number of nitrogens with one attached hydrogen (secondary N) is 1. The van der Waals surface area contributed by atoms with Gasteiger partial charge in [0.15, 0.2) is 6.61 Å². The van der Waals surface area contributed by atoms with Gasteiger partial charge in [-0.05, 0) is 34.1 Å². The molecule has 24 heavy (non-hydrogen) atoms. The van der Waals surface area contributed by atoms with Crippen molar-refractivity contribution in [3.8, 4) is 0 Å². The highest BCUT2D eigenvalue weighted by Gasteiger charge is 2.17. The van der Waals surface area contributed by atoms with Crippen molar-refractivity contribution < 1.29 is 19.2 Å². The highest BCUT2D eigenvalue weighted by atomic mass is 79.9. The van der Waals surface area contributed by atoms with E-state index in [-0.39, 0.29) is 16.3 Å². The van der Waals surface area contributed by atoms with Gasteiger partial charge in [0.1, 0.15) is 0 Å². The summed E-state index contributed by atoms with van der Waals surface area (Å²) in [4.78, 5) is 33.7. The first-order valence-electron chi connectivity index (χ1n) is 6.54. The van der Waals surface area contributed by atoms with Crippen molar-refractivity contribution in [1.29, 1.82) is 0 Å². The summed E-state index contributed by atoms with van der Waals surface area (Å²) in [5, 5.41) is 13.1. The molecule has 0 aliphatic heterocycles. The zero-order valence-electron chi connectivity index (χ0n) is 12.0. The number of nitro groups is 1. The van der Waals surface area contributed by atoms with Crippen LogP contribution < -0.4 is 5.32 Å². The van der Waals surface area contributed by atoms with Crippen LogP contribution in [-0.4, -0.2) is 23.4 Å². The van der Waals surface area contributed by atoms with Gasteiger partial charge < -0.3 is 10.1 Å². The number of amides is 1. The van der Waals surface area contributed by atoms with Gasteiger partial charge in [-0.1, -0.05) is 23.7 Å². The van der Waals surface area contributed by atoms with Crippen molar-refractivity contribution in [3.63, 3.8) is 0 Å². The molecule has 0 heterocycles. The van der Waals surface area contributed by atoms with E-state index in [0.717, 1.165) is 12.1 Å². The highest BCUT2D eigenvalue weighted by molar-refractivity contribution is 9.10. The predicted octanol–water partition coefficient (Wildman–Crippen LogP) is 3.81. The fourth-order valence-corrected chi connectivity index (χ4v) is 2.38. The Morgan fingerprint density at radius 2 is 1.96 bits per heavy atom. The average Bonchev–Trinajstić information content (AvgIpc) is 2.54. The first kappa shape index (κ1) is 17.9. The number of rotatable bonds is 5. The number of carbonyl (C=O) groups is 2. The smallest absolute Gasteiger partial charge is 0.340 e. The number of carbonyl (C=O) groups excluding carboxylic acids is 2. The molecular formula is C15H10BrClN2O5. The average molecular weight is 414 g/mol. The SMILES string of the molecule is O=C(COC(=O)c1ccc([N+](=O)[O-])cc1Cl)Nc1ccccc1Br. The molecule has 0 unspecified atom stereocenters. The molecule has 0 aliphatic carbocycles. The standard InChI is InChI=1S/C15H10BrClN2O5/c16-11-3-1-2-4-13(11)18-14(20)8-24-15(21)10-6-5-9(19(22)23)7-12(10)17/h1-7H,8H2,(H,18,20). The van der Waals surface area contributed by atoms with E-state index in [2.05, 4.69) is 21.2 Å². The van der Waals surface area contributed by atoms with Crippen LogP contribution >= 0.6 is 27.5 Å². The lowest BCUT2D eigenvalue weighted by Gasteiger charge is -2.08. The van der Waals surface area contributed by atoms with Crippen LogP contribution in [0.15, 0.2) is 46.9 Å². The third kappa shape index (κ3) is 4.53. The van der Waals surface area contributed by atoms with Crippen molar-refractivity contribution in [3.05, 3.63) is 67.6 Å². The van der Waals surface area contributed by atoms with Gasteiger partial charge in [-0.3, -0.25) is 14.9 Å². The second kappa shape index (κ2) is 7.89. The number of hydrogen-bond acceptors (Lipinski definition) is 5. The third-order valence-corrected chi connectivity index (χ3v) is 3.87. The van der Waals surface area contributed by atoms with Crippen molar-refractivity contribution in [2.75, 3.05) is 11.9 Å². The first-order chi connectivity index (χ1) is 11.4. The Morgan fingerprint density at radius 3 is 2.58 bits per heavy atom. The Bertz CT molecular complexity index is 812. The molecule has 0 saturated carbocycles. The van der Waals surface area contributed by atoms with Gasteiger partial charge in [0.2, 0.25) is 0 Å². The quantitative estimate of drug-likeness (QED) is 0.456. The summed E-state index contributed by atoms with van der Waals surface area (Å²) < 4.78 is 5.55. The molecular weight excluding hydrogens is 404 g/mol. The largest absolute Gasteiger partial charge is 0.452 e. The molecule has 0 fully saturated rings. The molecule has 1 amide bonds. The van der Waals surface area contributed by atoms with Crippen molar-refractivity contribution in [2.24, 2.45) is 0 Å². The number of halogens is 2. The zero-order valence-corrected chi connectivity index (χ0v) is 14.3. The van der Waals surface area contributed by atoms with E-state index in [1.54, 1.807) is 24.3 Å². The Kier molecular flexibility index (Phi) is 5.88. The molecule has 2 aromatic rings. The minimum atomic E-state index is -0.850. The summed E-state index contributed by atoms with van der Waals surface area (Å²) in [5.41, 5.74) is 0.228. The minimum Gasteiger partial charge on any atom is -0.452 e. The summed E-state index contributed by atoms with van der Waals surface area (Å²) in [7, 11) is 0. The fourth-order valence-electron chi connectivity index (χ4n) is 1.74. The van der Waals surface area contributed by atoms with E-state index in [1.165, 1.54) is 6.07 Å². The summed E-state index contributed by atoms with van der Waals surface area (Å²) >= 11 is 9.10. The molecule has 124 valence electrons. The van der Waals surface area contributed by atoms with Crippen LogP contribution in [0, 0.1) is 10.1 Å². The molecule has 0 saturated heterocycles. The lowest BCUT2D eigenvalue weighted by molar-refractivity contribution is -0.384. The lowest BCUT2D eigenvalue weighted by atomic mass is 10.2. The van der Waals surface area contributed by atoms with Crippen LogP contribution in [0.3, 0.4) is 0 Å². The number of para-hydroxylation sites is 1. The summed E-state index contributed by atoms with van der Waals surface area (Å²) in [6.45, 7) is -0.520. The normalized spacial score (nSPS) is 10.1. The molecule has 0 spiro atoms. The fraction of sp³-hybridized carbons (Fsp3) is 0.0667. The molecule has 0 atom stereocenters. The molecule has 0 bridgehead atoms. The lowest BCUT2D eigenvalue weighted by Crippen LogP contribution is -2.21. The van der Waals surface area contributed by atoms with Gasteiger partial charge in [0.25, 0.3) is 11.6 Å². The maximum Gasteiger partial charge on any atom is 0.340 e. The van der Waals surface area contributed by atoms with Gasteiger partial charge in [-0.25, -0.2) is 4.79 Å². The van der Waals surface area contributed by atoms with Crippen LogP contribution in [0.4, 0.5) is 11.4 Å². The highest BCUT2D eigenvalue weighted by Crippen LogP contribution is 2.23. The van der Waals surface area contributed by atoms with E-state index < -0.39 is 23.4 Å². The minimum absolute atomic E-state index is 0.0593. The maximum atomic E-state index is 11.9. The molecule has 9 heteroatoms. The number of anilines is 1. The van der Waals surface area contributed by atoms with Crippen LogP contribution in [-0.2, 0) is 9.53 Å². The van der Waals surface area contributed by atoms with E-state index in [0.29, 0.717) is 10.2 Å². The number of non-ortho nitro benzene ring substituents is 1. The number of benzene rings is 2. The number of esters is 1. The van der Waals surface area contributed by atoms with E-state index >= 15 is 0 Å². The molecule has 7 nitrogen and oxygen atoms in total. The Morgan fingerprint density at radius 1 is 1.25 bits per heavy atom. The zero-order chi connectivity index (χ0) is 17.7. The molecule has 0 aliphatic rings. The number of nitro benzene ring substituents is 1. The summed E-state index contributed by atoms with van der Waals surface area (Å²) in [6.07, 6.45) is 0. The topological polar surface area (TPSA) is 98.5 Å². The van der Waals surface area contributed by atoms with E-state index in [9.17, 15) is 19.7 Å². The second-order valence-corrected chi connectivity index (χ2v) is 5.79. The van der Waals surface area contributed by atoms with Crippen molar-refractivity contribution >= 4 is 50.8 Å². The monoisotopic (exact) mass is 412 g/mol. The second-order valence-electron chi connectivity index (χ2n) is 4.53. The van der Waals surface area contributed by atoms with E-state index in [1.807, 2.05) is 0 Å².